The first-order valence-corrected chi connectivity index (χ1v) is 12.8. The van der Waals surface area contributed by atoms with Gasteiger partial charge in [-0.15, -0.1) is 0 Å². The second-order valence-corrected chi connectivity index (χ2v) is 11.1. The van der Waals surface area contributed by atoms with Crippen LogP contribution in [-0.4, -0.2) is 26.0 Å². The molecule has 0 saturated heterocycles. The van der Waals surface area contributed by atoms with Crippen molar-refractivity contribution in [3.8, 4) is 0 Å². The second-order valence-electron chi connectivity index (χ2n) is 8.18. The van der Waals surface area contributed by atoms with E-state index in [0.29, 0.717) is 37.1 Å². The van der Waals surface area contributed by atoms with Crippen LogP contribution in [0.3, 0.4) is 0 Å². The summed E-state index contributed by atoms with van der Waals surface area (Å²) in [5.41, 5.74) is 0. The first kappa shape index (κ1) is 23.9. The molecule has 2 bridgehead atoms. The Balaban J connectivity index is 1.70. The number of unbranched alkanes of at least 4 members (excludes halogenated alkanes) is 1. The van der Waals surface area contributed by atoms with Crippen molar-refractivity contribution < 1.29 is 18.3 Å². The molecule has 2 unspecified atom stereocenters. The van der Waals surface area contributed by atoms with Crippen LogP contribution in [0.15, 0.2) is 29.2 Å². The summed E-state index contributed by atoms with van der Waals surface area (Å²) in [5.74, 6) is 0.728. The minimum Gasteiger partial charge on any atom is -0.481 e. The zero-order chi connectivity index (χ0) is 21.9. The molecule has 1 aromatic carbocycles. The van der Waals surface area contributed by atoms with Gasteiger partial charge in [0.2, 0.25) is 10.0 Å². The van der Waals surface area contributed by atoms with Crippen LogP contribution in [0.5, 0.6) is 0 Å². The Hall–Kier alpha value is -0.790. The van der Waals surface area contributed by atoms with Crippen molar-refractivity contribution >= 4 is 50.8 Å². The zero-order valence-corrected chi connectivity index (χ0v) is 19.6. The van der Waals surface area contributed by atoms with Crippen molar-refractivity contribution in [2.45, 2.75) is 49.8 Å². The predicted octanol–water partition coefficient (Wildman–Crippen LogP) is 5.79. The first-order chi connectivity index (χ1) is 14.2. The van der Waals surface area contributed by atoms with Gasteiger partial charge in [0, 0.05) is 18.0 Å². The van der Waals surface area contributed by atoms with Crippen LogP contribution in [0, 0.1) is 23.7 Å². The zero-order valence-electron chi connectivity index (χ0n) is 16.5. The van der Waals surface area contributed by atoms with E-state index in [4.69, 9.17) is 39.9 Å². The highest BCUT2D eigenvalue weighted by molar-refractivity contribution is 7.89. The van der Waals surface area contributed by atoms with Gasteiger partial charge in [0.05, 0.1) is 10.0 Å². The number of hydrogen-bond acceptors (Lipinski definition) is 3. The van der Waals surface area contributed by atoms with Crippen molar-refractivity contribution in [2.24, 2.45) is 23.7 Å². The summed E-state index contributed by atoms with van der Waals surface area (Å²) in [6, 6.07) is 2.74. The molecule has 1 aromatic rings. The maximum Gasteiger partial charge on any atom is 0.303 e. The van der Waals surface area contributed by atoms with E-state index in [1.807, 2.05) is 0 Å². The highest BCUT2D eigenvalue weighted by Crippen LogP contribution is 2.49. The fraction of sp³-hybridized carbons (Fsp3) is 0.571. The van der Waals surface area contributed by atoms with Gasteiger partial charge >= 0.3 is 5.97 Å². The molecule has 30 heavy (non-hydrogen) atoms. The van der Waals surface area contributed by atoms with Gasteiger partial charge in [-0.05, 0) is 74.3 Å². The third-order valence-electron chi connectivity index (χ3n) is 6.32. The number of aliphatic carboxylic acids is 1. The van der Waals surface area contributed by atoms with Crippen molar-refractivity contribution in [2.75, 3.05) is 6.54 Å². The monoisotopic (exact) mass is 493 g/mol. The van der Waals surface area contributed by atoms with Crippen LogP contribution in [0.2, 0.25) is 15.1 Å². The van der Waals surface area contributed by atoms with E-state index in [0.717, 1.165) is 25.7 Å². The molecular weight excluding hydrogens is 469 g/mol. The molecule has 3 aliphatic rings. The summed E-state index contributed by atoms with van der Waals surface area (Å²) in [4.78, 5) is 10.5. The second kappa shape index (κ2) is 10.2. The summed E-state index contributed by atoms with van der Waals surface area (Å²) in [6.45, 7) is 0.322. The smallest absolute Gasteiger partial charge is 0.303 e. The van der Waals surface area contributed by atoms with Gasteiger partial charge in [-0.1, -0.05) is 47.0 Å². The Morgan fingerprint density at radius 1 is 1.10 bits per heavy atom. The van der Waals surface area contributed by atoms with Crippen LogP contribution < -0.4 is 4.72 Å². The highest BCUT2D eigenvalue weighted by Gasteiger charge is 2.42. The van der Waals surface area contributed by atoms with E-state index in [1.165, 1.54) is 12.1 Å². The number of carboxylic acids is 1. The topological polar surface area (TPSA) is 83.5 Å². The van der Waals surface area contributed by atoms with Gasteiger partial charge < -0.3 is 5.11 Å². The summed E-state index contributed by atoms with van der Waals surface area (Å²) >= 11 is 18.1. The normalized spacial score (nSPS) is 26.4. The fourth-order valence-corrected chi connectivity index (χ4v) is 7.53. The number of benzene rings is 1. The van der Waals surface area contributed by atoms with E-state index < -0.39 is 16.0 Å². The van der Waals surface area contributed by atoms with Crippen molar-refractivity contribution in [1.82, 2.24) is 4.72 Å². The minimum atomic E-state index is -3.88. The number of fused-ring (bicyclic) bond motifs is 3. The molecule has 9 heteroatoms. The molecule has 0 aromatic heterocycles. The Morgan fingerprint density at radius 2 is 1.70 bits per heavy atom. The molecule has 5 nitrogen and oxygen atoms in total. The quantitative estimate of drug-likeness (QED) is 0.336. The van der Waals surface area contributed by atoms with Crippen LogP contribution in [0.4, 0.5) is 0 Å². The number of halogens is 3. The Bertz CT molecular complexity index is 888. The average Bonchev–Trinajstić information content (AvgIpc) is 2.66. The molecule has 3 saturated carbocycles. The number of allylic oxidation sites excluding steroid dienone is 2. The fourth-order valence-electron chi connectivity index (χ4n) is 4.91. The molecule has 0 radical (unpaired) electrons. The van der Waals surface area contributed by atoms with Crippen molar-refractivity contribution in [3.05, 3.63) is 39.4 Å². The molecule has 2 atom stereocenters. The number of hydrogen-bond donors (Lipinski definition) is 2. The van der Waals surface area contributed by atoms with Crippen molar-refractivity contribution in [3.63, 3.8) is 0 Å². The first-order valence-electron chi connectivity index (χ1n) is 10.2. The minimum absolute atomic E-state index is 0.0000381. The van der Waals surface area contributed by atoms with Gasteiger partial charge in [0.15, 0.2) is 0 Å². The lowest BCUT2D eigenvalue weighted by Gasteiger charge is -2.48. The Labute approximate surface area is 192 Å². The molecular formula is C21H26Cl3NO4S. The number of carboxylic acid groups (broad SMARTS) is 1. The number of nitrogens with one attached hydrogen (secondary N) is 1. The maximum atomic E-state index is 12.9. The summed E-state index contributed by atoms with van der Waals surface area (Å²) in [7, 11) is -3.88. The number of carbonyl (C=O) groups is 1. The summed E-state index contributed by atoms with van der Waals surface area (Å²) in [5, 5.41) is 9.05. The third-order valence-corrected chi connectivity index (χ3v) is 8.88. The Kier molecular flexibility index (Phi) is 8.13. The van der Waals surface area contributed by atoms with Crippen LogP contribution in [0.1, 0.15) is 44.9 Å². The molecule has 0 aliphatic heterocycles. The van der Waals surface area contributed by atoms with Gasteiger partial charge in [-0.25, -0.2) is 13.1 Å². The number of sulfonamides is 1. The molecule has 2 N–H and O–H groups in total. The SMILES string of the molecule is O=C(O)CCC/C=C\C1C2CCC(CC2)C1CNS(=O)(=O)c1c(Cl)cc(Cl)cc1Cl. The van der Waals surface area contributed by atoms with Gasteiger partial charge in [0.1, 0.15) is 4.90 Å². The molecule has 3 fully saturated rings. The molecule has 4 rings (SSSR count). The maximum absolute atomic E-state index is 12.9. The lowest BCUT2D eigenvalue weighted by Crippen LogP contribution is -2.45. The molecule has 3 aliphatic carbocycles. The average molecular weight is 495 g/mol. The number of rotatable bonds is 9. The van der Waals surface area contributed by atoms with E-state index in [2.05, 4.69) is 16.9 Å². The van der Waals surface area contributed by atoms with Crippen molar-refractivity contribution in [1.29, 1.82) is 0 Å². The highest BCUT2D eigenvalue weighted by atomic mass is 35.5. The van der Waals surface area contributed by atoms with Gasteiger partial charge in [-0.2, -0.15) is 0 Å². The molecule has 166 valence electrons. The van der Waals surface area contributed by atoms with E-state index >= 15 is 0 Å². The largest absolute Gasteiger partial charge is 0.481 e. The van der Waals surface area contributed by atoms with E-state index in [9.17, 15) is 13.2 Å². The Morgan fingerprint density at radius 3 is 2.30 bits per heavy atom. The summed E-state index contributed by atoms with van der Waals surface area (Å²) < 4.78 is 28.5. The molecule has 0 heterocycles. The van der Waals surface area contributed by atoms with Crippen LogP contribution in [-0.2, 0) is 14.8 Å². The van der Waals surface area contributed by atoms with Crippen LogP contribution >= 0.6 is 34.8 Å². The predicted molar refractivity (Wildman–Crippen MR) is 120 cm³/mol. The third kappa shape index (κ3) is 5.71. The van der Waals surface area contributed by atoms with E-state index in [1.54, 1.807) is 0 Å². The van der Waals surface area contributed by atoms with Crippen LogP contribution in [0.25, 0.3) is 0 Å². The molecule has 0 amide bonds. The standard InChI is InChI=1S/C21H26Cl3NO4S/c22-15-10-18(23)21(19(24)11-15)30(28,29)25-12-17-14-8-6-13(7-9-14)16(17)4-2-1-3-5-20(26)27/h2,4,10-11,13-14,16-17,25H,1,3,5-9,12H2,(H,26,27)/b4-2-. The lowest BCUT2D eigenvalue weighted by atomic mass is 9.58. The lowest BCUT2D eigenvalue weighted by molar-refractivity contribution is -0.137. The van der Waals surface area contributed by atoms with Gasteiger partial charge in [0.25, 0.3) is 0 Å². The summed E-state index contributed by atoms with van der Waals surface area (Å²) in [6.07, 6.45) is 10.3. The molecule has 0 spiro atoms. The van der Waals surface area contributed by atoms with E-state index in [-0.39, 0.29) is 32.3 Å². The van der Waals surface area contributed by atoms with Gasteiger partial charge in [-0.3, -0.25) is 4.79 Å².